The molecular weight excluding hydrogens is 214 g/mol. The van der Waals surface area contributed by atoms with Crippen molar-refractivity contribution in [1.82, 2.24) is 0 Å². The van der Waals surface area contributed by atoms with E-state index in [-0.39, 0.29) is 18.0 Å². The summed E-state index contributed by atoms with van der Waals surface area (Å²) in [5.74, 6) is -0.364. The maximum atomic E-state index is 11.8. The largest absolute Gasteiger partial charge is 0.458 e. The molecule has 1 aromatic carbocycles. The Morgan fingerprint density at radius 2 is 2.00 bits per heavy atom. The molecular formula is C14H21NO2. The van der Waals surface area contributed by atoms with Gasteiger partial charge in [-0.05, 0) is 18.9 Å². The van der Waals surface area contributed by atoms with E-state index in [0.29, 0.717) is 6.54 Å². The van der Waals surface area contributed by atoms with Gasteiger partial charge in [0.1, 0.15) is 6.10 Å². The Balaban J connectivity index is 2.56. The van der Waals surface area contributed by atoms with Crippen molar-refractivity contribution in [2.45, 2.75) is 32.8 Å². The lowest BCUT2D eigenvalue weighted by atomic mass is 10.0. The van der Waals surface area contributed by atoms with E-state index in [1.54, 1.807) is 0 Å². The van der Waals surface area contributed by atoms with Crippen molar-refractivity contribution in [1.29, 1.82) is 0 Å². The van der Waals surface area contributed by atoms with Gasteiger partial charge in [-0.15, -0.1) is 0 Å². The standard InChI is InChI=1S/C14H21NO2/c1-3-7-13(10-15)14(16)17-11(2)12-8-5-4-6-9-12/h4-6,8-9,11,13H,3,7,10,15H2,1-2H3. The Morgan fingerprint density at radius 1 is 1.35 bits per heavy atom. The van der Waals surface area contributed by atoms with Crippen LogP contribution < -0.4 is 5.73 Å². The Kier molecular flexibility index (Phi) is 5.70. The quantitative estimate of drug-likeness (QED) is 0.771. The lowest BCUT2D eigenvalue weighted by molar-refractivity contribution is -0.153. The predicted octanol–water partition coefficient (Wildman–Crippen LogP) is 2.67. The van der Waals surface area contributed by atoms with Gasteiger partial charge in [0.05, 0.1) is 5.92 Å². The van der Waals surface area contributed by atoms with Gasteiger partial charge in [0, 0.05) is 6.54 Å². The SMILES string of the molecule is CCCC(CN)C(=O)OC(C)c1ccccc1. The molecule has 94 valence electrons. The fraction of sp³-hybridized carbons (Fsp3) is 0.500. The minimum atomic E-state index is -0.213. The van der Waals surface area contributed by atoms with Crippen LogP contribution in [-0.2, 0) is 9.53 Å². The van der Waals surface area contributed by atoms with Gasteiger partial charge in [-0.25, -0.2) is 0 Å². The Labute approximate surface area is 103 Å². The third kappa shape index (κ3) is 4.19. The summed E-state index contributed by atoms with van der Waals surface area (Å²) in [7, 11) is 0. The van der Waals surface area contributed by atoms with E-state index in [1.807, 2.05) is 44.2 Å². The third-order valence-electron chi connectivity index (χ3n) is 2.82. The van der Waals surface area contributed by atoms with E-state index in [4.69, 9.17) is 10.5 Å². The van der Waals surface area contributed by atoms with Crippen LogP contribution in [0.25, 0.3) is 0 Å². The van der Waals surface area contributed by atoms with Gasteiger partial charge >= 0.3 is 5.97 Å². The second-order valence-corrected chi connectivity index (χ2v) is 4.21. The molecule has 1 rings (SSSR count). The zero-order valence-corrected chi connectivity index (χ0v) is 10.6. The van der Waals surface area contributed by atoms with Gasteiger partial charge in [-0.3, -0.25) is 4.79 Å². The second kappa shape index (κ2) is 7.07. The van der Waals surface area contributed by atoms with Crippen LogP contribution in [0.3, 0.4) is 0 Å². The number of nitrogens with two attached hydrogens (primary N) is 1. The summed E-state index contributed by atoms with van der Waals surface area (Å²) < 4.78 is 5.42. The van der Waals surface area contributed by atoms with Gasteiger partial charge in [-0.2, -0.15) is 0 Å². The summed E-state index contributed by atoms with van der Waals surface area (Å²) in [4.78, 5) is 11.8. The van der Waals surface area contributed by atoms with Crippen molar-refractivity contribution in [3.8, 4) is 0 Å². The van der Waals surface area contributed by atoms with Crippen molar-refractivity contribution in [2.75, 3.05) is 6.54 Å². The van der Waals surface area contributed by atoms with Crippen LogP contribution in [0, 0.1) is 5.92 Å². The monoisotopic (exact) mass is 235 g/mol. The molecule has 0 saturated carbocycles. The average molecular weight is 235 g/mol. The highest BCUT2D eigenvalue weighted by molar-refractivity contribution is 5.73. The van der Waals surface area contributed by atoms with Gasteiger partial charge in [0.25, 0.3) is 0 Å². The van der Waals surface area contributed by atoms with Gasteiger partial charge in [0.15, 0.2) is 0 Å². The molecule has 0 aliphatic rings. The van der Waals surface area contributed by atoms with E-state index in [9.17, 15) is 4.79 Å². The van der Waals surface area contributed by atoms with Crippen molar-refractivity contribution in [3.05, 3.63) is 35.9 Å². The van der Waals surface area contributed by atoms with E-state index in [2.05, 4.69) is 0 Å². The third-order valence-corrected chi connectivity index (χ3v) is 2.82. The minimum absolute atomic E-state index is 0.175. The molecule has 3 nitrogen and oxygen atoms in total. The lowest BCUT2D eigenvalue weighted by Crippen LogP contribution is -2.26. The molecule has 2 atom stereocenters. The molecule has 17 heavy (non-hydrogen) atoms. The Bertz CT molecular complexity index is 337. The van der Waals surface area contributed by atoms with E-state index in [0.717, 1.165) is 18.4 Å². The predicted molar refractivity (Wildman–Crippen MR) is 68.4 cm³/mol. The number of hydrogen-bond acceptors (Lipinski definition) is 3. The van der Waals surface area contributed by atoms with E-state index >= 15 is 0 Å². The zero-order valence-electron chi connectivity index (χ0n) is 10.6. The lowest BCUT2D eigenvalue weighted by Gasteiger charge is -2.18. The molecule has 3 heteroatoms. The van der Waals surface area contributed by atoms with Crippen LogP contribution >= 0.6 is 0 Å². The van der Waals surface area contributed by atoms with Gasteiger partial charge in [-0.1, -0.05) is 43.7 Å². The first-order valence-corrected chi connectivity index (χ1v) is 6.14. The molecule has 2 N–H and O–H groups in total. The number of hydrogen-bond donors (Lipinski definition) is 1. The summed E-state index contributed by atoms with van der Waals surface area (Å²) in [6, 6.07) is 9.72. The normalized spacial score (nSPS) is 14.1. The molecule has 0 aliphatic carbocycles. The average Bonchev–Trinajstić information content (AvgIpc) is 2.36. The molecule has 0 fully saturated rings. The van der Waals surface area contributed by atoms with E-state index in [1.165, 1.54) is 0 Å². The Morgan fingerprint density at radius 3 is 2.53 bits per heavy atom. The van der Waals surface area contributed by atoms with Crippen LogP contribution in [0.4, 0.5) is 0 Å². The number of esters is 1. The maximum Gasteiger partial charge on any atom is 0.310 e. The molecule has 2 unspecified atom stereocenters. The fourth-order valence-corrected chi connectivity index (χ4v) is 1.74. The number of benzene rings is 1. The van der Waals surface area contributed by atoms with Crippen molar-refractivity contribution >= 4 is 5.97 Å². The number of carbonyl (C=O) groups is 1. The highest BCUT2D eigenvalue weighted by Gasteiger charge is 2.20. The first-order valence-electron chi connectivity index (χ1n) is 6.14. The molecule has 0 amide bonds. The highest BCUT2D eigenvalue weighted by atomic mass is 16.5. The van der Waals surface area contributed by atoms with E-state index < -0.39 is 0 Å². The number of carbonyl (C=O) groups excluding carboxylic acids is 1. The van der Waals surface area contributed by atoms with Crippen LogP contribution in [0.15, 0.2) is 30.3 Å². The molecule has 0 saturated heterocycles. The van der Waals surface area contributed by atoms with Crippen LogP contribution in [-0.4, -0.2) is 12.5 Å². The van der Waals surface area contributed by atoms with Crippen molar-refractivity contribution < 1.29 is 9.53 Å². The molecule has 0 aromatic heterocycles. The molecule has 1 aromatic rings. The molecule has 0 heterocycles. The molecule has 0 aliphatic heterocycles. The number of ether oxygens (including phenoxy) is 1. The number of rotatable bonds is 6. The van der Waals surface area contributed by atoms with Gasteiger partial charge < -0.3 is 10.5 Å². The van der Waals surface area contributed by atoms with Crippen LogP contribution in [0.5, 0.6) is 0 Å². The van der Waals surface area contributed by atoms with Crippen LogP contribution in [0.1, 0.15) is 38.4 Å². The summed E-state index contributed by atoms with van der Waals surface area (Å²) >= 11 is 0. The fourth-order valence-electron chi connectivity index (χ4n) is 1.74. The molecule has 0 bridgehead atoms. The summed E-state index contributed by atoms with van der Waals surface area (Å²) in [6.45, 7) is 4.28. The first-order chi connectivity index (χ1) is 8.19. The zero-order chi connectivity index (χ0) is 12.7. The Hall–Kier alpha value is -1.35. The summed E-state index contributed by atoms with van der Waals surface area (Å²) in [5, 5.41) is 0. The minimum Gasteiger partial charge on any atom is -0.458 e. The summed E-state index contributed by atoms with van der Waals surface area (Å²) in [6.07, 6.45) is 1.52. The highest BCUT2D eigenvalue weighted by Crippen LogP contribution is 2.19. The smallest absolute Gasteiger partial charge is 0.310 e. The van der Waals surface area contributed by atoms with Gasteiger partial charge in [0.2, 0.25) is 0 Å². The van der Waals surface area contributed by atoms with Crippen LogP contribution in [0.2, 0.25) is 0 Å². The van der Waals surface area contributed by atoms with Crippen molar-refractivity contribution in [2.24, 2.45) is 11.7 Å². The first kappa shape index (κ1) is 13.7. The molecule has 0 radical (unpaired) electrons. The topological polar surface area (TPSA) is 52.3 Å². The summed E-state index contributed by atoms with van der Waals surface area (Å²) in [5.41, 5.74) is 6.58. The second-order valence-electron chi connectivity index (χ2n) is 4.21. The van der Waals surface area contributed by atoms with Crippen molar-refractivity contribution in [3.63, 3.8) is 0 Å². The maximum absolute atomic E-state index is 11.8. The molecule has 0 spiro atoms.